The number of piperazine rings is 1. The minimum absolute atomic E-state index is 0.148. The largest absolute Gasteiger partial charge is 0.376 e. The summed E-state index contributed by atoms with van der Waals surface area (Å²) in [6, 6.07) is 10.5. The molecule has 0 N–H and O–H groups in total. The van der Waals surface area contributed by atoms with Crippen LogP contribution in [0.25, 0.3) is 0 Å². The van der Waals surface area contributed by atoms with Gasteiger partial charge in [0.2, 0.25) is 5.91 Å². The topological polar surface area (TPSA) is 50.6 Å². The Morgan fingerprint density at radius 1 is 1.19 bits per heavy atom. The second-order valence-corrected chi connectivity index (χ2v) is 9.97. The Labute approximate surface area is 190 Å². The van der Waals surface area contributed by atoms with Crippen molar-refractivity contribution in [1.82, 2.24) is 19.4 Å². The molecule has 2 aliphatic heterocycles. The number of hydrogen-bond acceptors (Lipinski definition) is 5. The van der Waals surface area contributed by atoms with Gasteiger partial charge in [0.15, 0.2) is 5.16 Å². The fourth-order valence-electron chi connectivity index (χ4n) is 4.35. The van der Waals surface area contributed by atoms with Gasteiger partial charge in [0.1, 0.15) is 0 Å². The molecule has 1 aromatic carbocycles. The minimum Gasteiger partial charge on any atom is -0.376 e. The number of benzene rings is 1. The summed E-state index contributed by atoms with van der Waals surface area (Å²) in [7, 11) is 0. The molecule has 2 atom stereocenters. The standard InChI is InChI=1S/C24H34N4O2S/c1-18-19(2)28(17-22-10-7-15-30-22)24(25-18)31-20(3)23(29)27-13-11-26(12-14-27)16-21-8-5-4-6-9-21/h4-6,8-9,20,22H,7,10-17H2,1-3H3. The van der Waals surface area contributed by atoms with Crippen LogP contribution in [0, 0.1) is 13.8 Å². The third-order valence-corrected chi connectivity index (χ3v) is 7.47. The number of thioether (sulfide) groups is 1. The van der Waals surface area contributed by atoms with Crippen molar-refractivity contribution < 1.29 is 9.53 Å². The first-order valence-electron chi connectivity index (χ1n) is 11.4. The highest BCUT2D eigenvalue weighted by atomic mass is 32.2. The number of amides is 1. The fraction of sp³-hybridized carbons (Fsp3) is 0.583. The molecule has 0 saturated carbocycles. The Hall–Kier alpha value is -1.83. The summed E-state index contributed by atoms with van der Waals surface area (Å²) in [6.45, 7) is 12.2. The number of imidazole rings is 1. The van der Waals surface area contributed by atoms with Crippen molar-refractivity contribution in [1.29, 1.82) is 0 Å². The molecule has 1 aromatic heterocycles. The van der Waals surface area contributed by atoms with Crippen LogP contribution in [0.5, 0.6) is 0 Å². The van der Waals surface area contributed by atoms with Gasteiger partial charge in [-0.05, 0) is 39.2 Å². The molecule has 2 fully saturated rings. The molecule has 0 spiro atoms. The van der Waals surface area contributed by atoms with E-state index in [9.17, 15) is 4.79 Å². The van der Waals surface area contributed by atoms with Crippen LogP contribution in [0.2, 0.25) is 0 Å². The van der Waals surface area contributed by atoms with Gasteiger partial charge in [-0.1, -0.05) is 42.1 Å². The number of ether oxygens (including phenoxy) is 1. The number of rotatable bonds is 7. The molecule has 1 amide bonds. The first-order chi connectivity index (χ1) is 15.0. The van der Waals surface area contributed by atoms with Crippen LogP contribution in [-0.2, 0) is 22.6 Å². The van der Waals surface area contributed by atoms with E-state index < -0.39 is 0 Å². The molecule has 2 saturated heterocycles. The van der Waals surface area contributed by atoms with Gasteiger partial charge in [-0.15, -0.1) is 0 Å². The highest BCUT2D eigenvalue weighted by Crippen LogP contribution is 2.28. The van der Waals surface area contributed by atoms with Crippen molar-refractivity contribution in [3.8, 4) is 0 Å². The number of aryl methyl sites for hydroxylation is 1. The van der Waals surface area contributed by atoms with Crippen LogP contribution in [0.4, 0.5) is 0 Å². The lowest BCUT2D eigenvalue weighted by molar-refractivity contribution is -0.132. The van der Waals surface area contributed by atoms with E-state index in [0.29, 0.717) is 0 Å². The van der Waals surface area contributed by atoms with Gasteiger partial charge in [-0.3, -0.25) is 9.69 Å². The van der Waals surface area contributed by atoms with E-state index >= 15 is 0 Å². The predicted octanol–water partition coefficient (Wildman–Crippen LogP) is 3.50. The second kappa shape index (κ2) is 10.2. The maximum atomic E-state index is 13.1. The van der Waals surface area contributed by atoms with Gasteiger partial charge in [0, 0.05) is 45.0 Å². The SMILES string of the molecule is Cc1nc(SC(C)C(=O)N2CCN(Cc3ccccc3)CC2)n(CC2CCCO2)c1C. The van der Waals surface area contributed by atoms with Crippen LogP contribution in [0.3, 0.4) is 0 Å². The summed E-state index contributed by atoms with van der Waals surface area (Å²) in [4.78, 5) is 22.4. The Balaban J connectivity index is 1.32. The average molecular weight is 443 g/mol. The van der Waals surface area contributed by atoms with Crippen LogP contribution >= 0.6 is 11.8 Å². The van der Waals surface area contributed by atoms with E-state index in [4.69, 9.17) is 9.72 Å². The van der Waals surface area contributed by atoms with E-state index in [1.54, 1.807) is 11.8 Å². The third kappa shape index (κ3) is 5.51. The maximum absolute atomic E-state index is 13.1. The van der Waals surface area contributed by atoms with Crippen molar-refractivity contribution in [2.45, 2.75) is 63.2 Å². The van der Waals surface area contributed by atoms with E-state index in [1.807, 2.05) is 24.8 Å². The molecule has 2 unspecified atom stereocenters. The number of nitrogens with zero attached hydrogens (tertiary/aromatic N) is 4. The molecule has 3 heterocycles. The highest BCUT2D eigenvalue weighted by Gasteiger charge is 2.28. The predicted molar refractivity (Wildman–Crippen MR) is 124 cm³/mol. The van der Waals surface area contributed by atoms with Gasteiger partial charge in [-0.25, -0.2) is 4.98 Å². The van der Waals surface area contributed by atoms with Gasteiger partial charge < -0.3 is 14.2 Å². The lowest BCUT2D eigenvalue weighted by Gasteiger charge is -2.35. The Kier molecular flexibility index (Phi) is 7.35. The summed E-state index contributed by atoms with van der Waals surface area (Å²) < 4.78 is 8.09. The van der Waals surface area contributed by atoms with E-state index in [1.165, 1.54) is 11.3 Å². The molecule has 6 nitrogen and oxygen atoms in total. The number of hydrogen-bond donors (Lipinski definition) is 0. The summed E-state index contributed by atoms with van der Waals surface area (Å²) in [5.74, 6) is 0.214. The number of aromatic nitrogens is 2. The zero-order chi connectivity index (χ0) is 21.8. The quantitative estimate of drug-likeness (QED) is 0.615. The third-order valence-electron chi connectivity index (χ3n) is 6.40. The molecule has 168 valence electrons. The van der Waals surface area contributed by atoms with Crippen molar-refractivity contribution >= 4 is 17.7 Å². The first kappa shape index (κ1) is 22.4. The molecule has 0 bridgehead atoms. The van der Waals surface area contributed by atoms with Gasteiger partial charge in [-0.2, -0.15) is 0 Å². The molecular formula is C24H34N4O2S. The van der Waals surface area contributed by atoms with Crippen molar-refractivity contribution in [2.75, 3.05) is 32.8 Å². The van der Waals surface area contributed by atoms with Gasteiger partial charge >= 0.3 is 0 Å². The van der Waals surface area contributed by atoms with Crippen LogP contribution in [0.15, 0.2) is 35.5 Å². The summed E-state index contributed by atoms with van der Waals surface area (Å²) in [6.07, 6.45) is 2.49. The molecule has 7 heteroatoms. The van der Waals surface area contributed by atoms with Crippen LogP contribution < -0.4 is 0 Å². The van der Waals surface area contributed by atoms with E-state index in [-0.39, 0.29) is 17.3 Å². The smallest absolute Gasteiger partial charge is 0.235 e. The zero-order valence-corrected chi connectivity index (χ0v) is 19.7. The normalized spacial score (nSPS) is 20.9. The van der Waals surface area contributed by atoms with Gasteiger partial charge in [0.25, 0.3) is 0 Å². The average Bonchev–Trinajstić information content (AvgIpc) is 3.39. The maximum Gasteiger partial charge on any atom is 0.235 e. The van der Waals surface area contributed by atoms with Crippen LogP contribution in [-0.4, -0.2) is 69.4 Å². The molecule has 2 aliphatic rings. The summed E-state index contributed by atoms with van der Waals surface area (Å²) in [5.41, 5.74) is 3.54. The minimum atomic E-state index is -0.148. The van der Waals surface area contributed by atoms with Crippen molar-refractivity contribution in [3.63, 3.8) is 0 Å². The summed E-state index contributed by atoms with van der Waals surface area (Å²) in [5, 5.41) is 0.791. The molecule has 0 aliphatic carbocycles. The molecular weight excluding hydrogens is 408 g/mol. The van der Waals surface area contributed by atoms with Crippen LogP contribution in [0.1, 0.15) is 36.7 Å². The number of carbonyl (C=O) groups excluding carboxylic acids is 1. The molecule has 31 heavy (non-hydrogen) atoms. The molecule has 0 radical (unpaired) electrons. The Morgan fingerprint density at radius 2 is 1.94 bits per heavy atom. The molecule has 4 rings (SSSR count). The molecule has 2 aromatic rings. The fourth-order valence-corrected chi connectivity index (χ4v) is 5.45. The van der Waals surface area contributed by atoms with Crippen molar-refractivity contribution in [3.05, 3.63) is 47.3 Å². The van der Waals surface area contributed by atoms with E-state index in [0.717, 1.165) is 69.6 Å². The monoisotopic (exact) mass is 442 g/mol. The van der Waals surface area contributed by atoms with Crippen molar-refractivity contribution in [2.24, 2.45) is 0 Å². The Morgan fingerprint density at radius 3 is 2.61 bits per heavy atom. The lowest BCUT2D eigenvalue weighted by Crippen LogP contribution is -2.50. The summed E-state index contributed by atoms with van der Waals surface area (Å²) >= 11 is 1.59. The second-order valence-electron chi connectivity index (χ2n) is 8.66. The van der Waals surface area contributed by atoms with Gasteiger partial charge in [0.05, 0.1) is 23.6 Å². The number of carbonyl (C=O) groups is 1. The first-order valence-corrected chi connectivity index (χ1v) is 12.3. The lowest BCUT2D eigenvalue weighted by atomic mass is 10.2. The zero-order valence-electron chi connectivity index (χ0n) is 18.9. The highest BCUT2D eigenvalue weighted by molar-refractivity contribution is 8.00. The Bertz CT molecular complexity index is 871. The van der Waals surface area contributed by atoms with E-state index in [2.05, 4.69) is 40.7 Å².